The molecule has 0 unspecified atom stereocenters. The van der Waals surface area contributed by atoms with Crippen LogP contribution < -0.4 is 5.73 Å². The molecule has 1 saturated heterocycles. The molecule has 0 bridgehead atoms. The summed E-state index contributed by atoms with van der Waals surface area (Å²) in [6.45, 7) is 7.40. The summed E-state index contributed by atoms with van der Waals surface area (Å²) >= 11 is 1.67. The fourth-order valence-electron chi connectivity index (χ4n) is 2.02. The summed E-state index contributed by atoms with van der Waals surface area (Å²) in [5.41, 5.74) is 5.67. The van der Waals surface area contributed by atoms with E-state index in [4.69, 9.17) is 10.8 Å². The molecule has 100 valence electrons. The van der Waals surface area contributed by atoms with Crippen LogP contribution >= 0.6 is 11.8 Å². The maximum atomic E-state index is 10.8. The van der Waals surface area contributed by atoms with Crippen LogP contribution in [0.3, 0.4) is 0 Å². The number of nitrogens with zero attached hydrogens (tertiary/aromatic N) is 1. The van der Waals surface area contributed by atoms with Crippen molar-refractivity contribution in [1.82, 2.24) is 4.90 Å². The van der Waals surface area contributed by atoms with Crippen LogP contribution in [-0.2, 0) is 4.79 Å². The first-order valence-electron chi connectivity index (χ1n) is 6.28. The lowest BCUT2D eigenvalue weighted by molar-refractivity contribution is -0.139. The summed E-state index contributed by atoms with van der Waals surface area (Å²) < 4.78 is -0.392. The van der Waals surface area contributed by atoms with E-state index in [9.17, 15) is 4.79 Å². The van der Waals surface area contributed by atoms with Crippen LogP contribution in [-0.4, -0.2) is 52.2 Å². The smallest absolute Gasteiger partial charge is 0.321 e. The number of carboxylic acids is 1. The zero-order chi connectivity index (χ0) is 12.9. The fraction of sp³-hybridized carbons (Fsp3) is 0.917. The summed E-state index contributed by atoms with van der Waals surface area (Å²) in [5, 5.41) is 8.90. The predicted octanol–water partition coefficient (Wildman–Crippen LogP) is 1.40. The van der Waals surface area contributed by atoms with Crippen molar-refractivity contribution in [1.29, 1.82) is 0 Å². The predicted molar refractivity (Wildman–Crippen MR) is 72.4 cm³/mol. The third-order valence-electron chi connectivity index (χ3n) is 3.31. The Labute approximate surface area is 108 Å². The van der Waals surface area contributed by atoms with Crippen molar-refractivity contribution in [3.05, 3.63) is 0 Å². The van der Waals surface area contributed by atoms with Crippen molar-refractivity contribution in [2.24, 2.45) is 5.73 Å². The molecule has 1 atom stereocenters. The molecule has 0 aliphatic carbocycles. The Morgan fingerprint density at radius 3 is 2.59 bits per heavy atom. The normalized spacial score (nSPS) is 19.5. The van der Waals surface area contributed by atoms with Gasteiger partial charge in [-0.3, -0.25) is 4.79 Å². The molecule has 5 heteroatoms. The molecule has 1 aliphatic rings. The molecule has 0 aromatic rings. The van der Waals surface area contributed by atoms with Crippen molar-refractivity contribution >= 4 is 17.7 Å². The minimum Gasteiger partial charge on any atom is -0.480 e. The maximum Gasteiger partial charge on any atom is 0.321 e. The van der Waals surface area contributed by atoms with E-state index in [1.165, 1.54) is 25.9 Å². The van der Waals surface area contributed by atoms with Crippen molar-refractivity contribution in [3.63, 3.8) is 0 Å². The van der Waals surface area contributed by atoms with Gasteiger partial charge in [0.05, 0.1) is 0 Å². The summed E-state index contributed by atoms with van der Waals surface area (Å²) in [5.74, 6) is 0.0619. The average molecular weight is 260 g/mol. The number of carbonyl (C=O) groups is 1. The summed E-state index contributed by atoms with van der Waals surface area (Å²) in [7, 11) is 0. The second kappa shape index (κ2) is 6.61. The number of aliphatic carboxylic acids is 1. The number of carboxylic acid groups (broad SMARTS) is 1. The zero-order valence-corrected chi connectivity index (χ0v) is 11.6. The largest absolute Gasteiger partial charge is 0.480 e. The van der Waals surface area contributed by atoms with E-state index in [2.05, 4.69) is 4.90 Å². The SMILES string of the molecule is CC(C)(SCCCN1CCCC1)[C@@H](N)C(=O)O. The van der Waals surface area contributed by atoms with Gasteiger partial charge in [0.25, 0.3) is 0 Å². The Bertz CT molecular complexity index is 253. The van der Waals surface area contributed by atoms with Gasteiger partial charge < -0.3 is 15.7 Å². The number of hydrogen-bond acceptors (Lipinski definition) is 4. The summed E-state index contributed by atoms with van der Waals surface area (Å²) in [6.07, 6.45) is 3.76. The van der Waals surface area contributed by atoms with Gasteiger partial charge in [0.1, 0.15) is 6.04 Å². The number of rotatable bonds is 7. The van der Waals surface area contributed by atoms with Gasteiger partial charge in [-0.15, -0.1) is 0 Å². The first-order chi connectivity index (χ1) is 7.93. The third kappa shape index (κ3) is 4.85. The molecule has 3 N–H and O–H groups in total. The first kappa shape index (κ1) is 14.8. The summed E-state index contributed by atoms with van der Waals surface area (Å²) in [4.78, 5) is 13.3. The lowest BCUT2D eigenvalue weighted by Gasteiger charge is -2.28. The van der Waals surface area contributed by atoms with E-state index in [0.29, 0.717) is 0 Å². The Balaban J connectivity index is 2.17. The van der Waals surface area contributed by atoms with Crippen LogP contribution in [0.5, 0.6) is 0 Å². The molecule has 0 aromatic carbocycles. The lowest BCUT2D eigenvalue weighted by Crippen LogP contribution is -2.46. The van der Waals surface area contributed by atoms with Gasteiger partial charge in [0, 0.05) is 4.75 Å². The summed E-state index contributed by atoms with van der Waals surface area (Å²) in [6, 6.07) is -0.792. The van der Waals surface area contributed by atoms with Crippen LogP contribution in [0.25, 0.3) is 0 Å². The number of hydrogen-bond donors (Lipinski definition) is 2. The van der Waals surface area contributed by atoms with E-state index < -0.39 is 16.8 Å². The van der Waals surface area contributed by atoms with Crippen LogP contribution in [0.1, 0.15) is 33.1 Å². The quantitative estimate of drug-likeness (QED) is 0.677. The molecular formula is C12H24N2O2S. The van der Waals surface area contributed by atoms with Crippen molar-refractivity contribution < 1.29 is 9.90 Å². The highest BCUT2D eigenvalue weighted by Gasteiger charge is 2.32. The number of thioether (sulfide) groups is 1. The minimum absolute atomic E-state index is 0.392. The van der Waals surface area contributed by atoms with E-state index >= 15 is 0 Å². The highest BCUT2D eigenvalue weighted by Crippen LogP contribution is 2.28. The highest BCUT2D eigenvalue weighted by atomic mass is 32.2. The van der Waals surface area contributed by atoms with E-state index in [1.54, 1.807) is 11.8 Å². The monoisotopic (exact) mass is 260 g/mol. The van der Waals surface area contributed by atoms with Crippen LogP contribution in [0.15, 0.2) is 0 Å². The molecule has 4 nitrogen and oxygen atoms in total. The highest BCUT2D eigenvalue weighted by molar-refractivity contribution is 8.00. The number of nitrogens with two attached hydrogens (primary N) is 1. The Morgan fingerprint density at radius 1 is 1.47 bits per heavy atom. The molecule has 0 amide bonds. The third-order valence-corrected chi connectivity index (χ3v) is 4.80. The Hall–Kier alpha value is -0.260. The van der Waals surface area contributed by atoms with Gasteiger partial charge in [-0.05, 0) is 58.5 Å². The molecule has 1 rings (SSSR count). The standard InChI is InChI=1S/C12H24N2O2S/c1-12(2,10(13)11(15)16)17-9-5-8-14-6-3-4-7-14/h10H,3-9,13H2,1-2H3,(H,15,16)/t10-/m0/s1. The van der Waals surface area contributed by atoms with E-state index in [1.807, 2.05) is 13.8 Å². The van der Waals surface area contributed by atoms with Crippen molar-refractivity contribution in [2.75, 3.05) is 25.4 Å². The average Bonchev–Trinajstić information content (AvgIpc) is 2.76. The molecular weight excluding hydrogens is 236 g/mol. The van der Waals surface area contributed by atoms with Crippen molar-refractivity contribution in [2.45, 2.75) is 43.9 Å². The van der Waals surface area contributed by atoms with E-state index in [-0.39, 0.29) is 0 Å². The minimum atomic E-state index is -0.915. The van der Waals surface area contributed by atoms with Gasteiger partial charge >= 0.3 is 5.97 Å². The van der Waals surface area contributed by atoms with Crippen LogP contribution in [0, 0.1) is 0 Å². The van der Waals surface area contributed by atoms with Crippen LogP contribution in [0.4, 0.5) is 0 Å². The second-order valence-electron chi connectivity index (χ2n) is 5.17. The van der Waals surface area contributed by atoms with Crippen molar-refractivity contribution in [3.8, 4) is 0 Å². The molecule has 1 aliphatic heterocycles. The van der Waals surface area contributed by atoms with Gasteiger partial charge in [-0.25, -0.2) is 0 Å². The van der Waals surface area contributed by atoms with Crippen LogP contribution in [0.2, 0.25) is 0 Å². The van der Waals surface area contributed by atoms with Gasteiger partial charge in [-0.1, -0.05) is 0 Å². The Morgan fingerprint density at radius 2 is 2.06 bits per heavy atom. The first-order valence-corrected chi connectivity index (χ1v) is 7.27. The molecule has 1 fully saturated rings. The van der Waals surface area contributed by atoms with Gasteiger partial charge in [0.2, 0.25) is 0 Å². The molecule has 1 heterocycles. The zero-order valence-electron chi connectivity index (χ0n) is 10.8. The lowest BCUT2D eigenvalue weighted by atomic mass is 10.1. The maximum absolute atomic E-state index is 10.8. The number of likely N-dealkylation sites (tertiary alicyclic amines) is 1. The molecule has 0 aromatic heterocycles. The molecule has 0 spiro atoms. The van der Waals surface area contributed by atoms with Gasteiger partial charge in [0.15, 0.2) is 0 Å². The fourth-order valence-corrected chi connectivity index (χ4v) is 3.10. The molecule has 17 heavy (non-hydrogen) atoms. The molecule has 0 radical (unpaired) electrons. The van der Waals surface area contributed by atoms with E-state index in [0.717, 1.165) is 18.7 Å². The molecule has 0 saturated carbocycles. The topological polar surface area (TPSA) is 66.6 Å². The van der Waals surface area contributed by atoms with Gasteiger partial charge in [-0.2, -0.15) is 11.8 Å². The Kier molecular flexibility index (Phi) is 5.76. The second-order valence-corrected chi connectivity index (χ2v) is 6.92.